The van der Waals surface area contributed by atoms with Crippen molar-refractivity contribution in [2.45, 2.75) is 44.8 Å². The molecule has 1 aromatic carbocycles. The van der Waals surface area contributed by atoms with E-state index >= 15 is 0 Å². The number of nitrogens with one attached hydrogen (secondary N) is 2. The third-order valence-corrected chi connectivity index (χ3v) is 4.11. The summed E-state index contributed by atoms with van der Waals surface area (Å²) < 4.78 is 6.14. The molecular formula is C15H21BrN2O2. The molecule has 110 valence electrons. The van der Waals surface area contributed by atoms with Crippen LogP contribution in [-0.4, -0.2) is 25.1 Å². The fourth-order valence-electron chi connectivity index (χ4n) is 2.05. The number of benzene rings is 1. The van der Waals surface area contributed by atoms with Crippen LogP contribution in [0.5, 0.6) is 5.75 Å². The standard InChI is InChI=1S/C15H21BrN2O2/c1-9(11-4-7-14(20-3)13(16)8-11)17-10(2)15(19)18-12-5-6-12/h4,7-10,12,17H,5-6H2,1-3H3,(H,18,19)/t9-,10-/m1/s1. The Bertz CT molecular complexity index is 489. The Labute approximate surface area is 128 Å². The van der Waals surface area contributed by atoms with Gasteiger partial charge in [0.1, 0.15) is 5.75 Å². The van der Waals surface area contributed by atoms with Gasteiger partial charge in [-0.3, -0.25) is 10.1 Å². The molecule has 2 rings (SSSR count). The first kappa shape index (κ1) is 15.3. The van der Waals surface area contributed by atoms with E-state index in [1.807, 2.05) is 25.1 Å². The number of methoxy groups -OCH3 is 1. The molecule has 1 aliphatic rings. The predicted molar refractivity (Wildman–Crippen MR) is 82.9 cm³/mol. The van der Waals surface area contributed by atoms with Crippen molar-refractivity contribution in [1.82, 2.24) is 10.6 Å². The van der Waals surface area contributed by atoms with Crippen LogP contribution in [0.4, 0.5) is 0 Å². The number of ether oxygens (including phenoxy) is 1. The molecule has 4 nitrogen and oxygen atoms in total. The first-order valence-electron chi connectivity index (χ1n) is 6.91. The van der Waals surface area contributed by atoms with E-state index in [2.05, 4.69) is 33.5 Å². The van der Waals surface area contributed by atoms with Crippen LogP contribution in [0.25, 0.3) is 0 Å². The quantitative estimate of drug-likeness (QED) is 0.837. The molecule has 2 atom stereocenters. The topological polar surface area (TPSA) is 50.4 Å². The normalized spacial score (nSPS) is 17.4. The summed E-state index contributed by atoms with van der Waals surface area (Å²) in [5, 5.41) is 6.33. The maximum Gasteiger partial charge on any atom is 0.237 e. The number of carbonyl (C=O) groups excluding carboxylic acids is 1. The molecule has 0 unspecified atom stereocenters. The van der Waals surface area contributed by atoms with Crippen molar-refractivity contribution in [3.05, 3.63) is 28.2 Å². The third-order valence-electron chi connectivity index (χ3n) is 3.49. The molecule has 0 spiro atoms. The molecule has 1 aromatic rings. The number of carbonyl (C=O) groups is 1. The van der Waals surface area contributed by atoms with Crippen LogP contribution in [0, 0.1) is 0 Å². The lowest BCUT2D eigenvalue weighted by Crippen LogP contribution is -2.43. The highest BCUT2D eigenvalue weighted by atomic mass is 79.9. The Hall–Kier alpha value is -1.07. The first-order valence-corrected chi connectivity index (χ1v) is 7.70. The van der Waals surface area contributed by atoms with Crippen molar-refractivity contribution in [3.8, 4) is 5.75 Å². The van der Waals surface area contributed by atoms with Gasteiger partial charge in [0.15, 0.2) is 0 Å². The lowest BCUT2D eigenvalue weighted by Gasteiger charge is -2.20. The molecule has 0 heterocycles. The summed E-state index contributed by atoms with van der Waals surface area (Å²) in [5.41, 5.74) is 1.11. The van der Waals surface area contributed by atoms with Gasteiger partial charge in [-0.2, -0.15) is 0 Å². The molecule has 1 aliphatic carbocycles. The molecule has 0 aromatic heterocycles. The first-order chi connectivity index (χ1) is 9.51. The zero-order chi connectivity index (χ0) is 14.7. The summed E-state index contributed by atoms with van der Waals surface area (Å²) >= 11 is 3.48. The van der Waals surface area contributed by atoms with E-state index in [0.29, 0.717) is 6.04 Å². The second-order valence-electron chi connectivity index (χ2n) is 5.29. The molecule has 1 fully saturated rings. The Morgan fingerprint density at radius 3 is 2.65 bits per heavy atom. The number of halogens is 1. The molecule has 20 heavy (non-hydrogen) atoms. The molecule has 0 radical (unpaired) electrons. The van der Waals surface area contributed by atoms with Gasteiger partial charge < -0.3 is 10.1 Å². The maximum absolute atomic E-state index is 11.9. The molecule has 5 heteroatoms. The summed E-state index contributed by atoms with van der Waals surface area (Å²) in [6.45, 7) is 3.95. The van der Waals surface area contributed by atoms with Gasteiger partial charge in [0.25, 0.3) is 0 Å². The van der Waals surface area contributed by atoms with E-state index in [1.54, 1.807) is 7.11 Å². The number of amides is 1. The second kappa shape index (κ2) is 6.59. The zero-order valence-corrected chi connectivity index (χ0v) is 13.7. The van der Waals surface area contributed by atoms with Gasteiger partial charge >= 0.3 is 0 Å². The minimum Gasteiger partial charge on any atom is -0.496 e. The fraction of sp³-hybridized carbons (Fsp3) is 0.533. The van der Waals surface area contributed by atoms with Crippen LogP contribution >= 0.6 is 15.9 Å². The van der Waals surface area contributed by atoms with E-state index in [0.717, 1.165) is 28.6 Å². The number of hydrogen-bond donors (Lipinski definition) is 2. The van der Waals surface area contributed by atoms with Gasteiger partial charge in [-0.15, -0.1) is 0 Å². The maximum atomic E-state index is 11.9. The van der Waals surface area contributed by atoms with Gasteiger partial charge in [-0.1, -0.05) is 6.07 Å². The van der Waals surface area contributed by atoms with E-state index in [1.165, 1.54) is 0 Å². The van der Waals surface area contributed by atoms with Gasteiger partial charge in [0, 0.05) is 12.1 Å². The number of hydrogen-bond acceptors (Lipinski definition) is 3. The average molecular weight is 341 g/mol. The third kappa shape index (κ3) is 3.96. The summed E-state index contributed by atoms with van der Waals surface area (Å²) in [5.74, 6) is 0.882. The van der Waals surface area contributed by atoms with Crippen molar-refractivity contribution in [2.75, 3.05) is 7.11 Å². The van der Waals surface area contributed by atoms with Crippen molar-refractivity contribution < 1.29 is 9.53 Å². The molecular weight excluding hydrogens is 320 g/mol. The average Bonchev–Trinajstić information content (AvgIpc) is 3.22. The zero-order valence-electron chi connectivity index (χ0n) is 12.1. The predicted octanol–water partition coefficient (Wildman–Crippen LogP) is 2.78. The summed E-state index contributed by atoms with van der Waals surface area (Å²) in [7, 11) is 1.64. The minimum absolute atomic E-state index is 0.0759. The van der Waals surface area contributed by atoms with Crippen LogP contribution in [0.2, 0.25) is 0 Å². The van der Waals surface area contributed by atoms with Crippen molar-refractivity contribution in [3.63, 3.8) is 0 Å². The van der Waals surface area contributed by atoms with Gasteiger partial charge in [0.05, 0.1) is 17.6 Å². The van der Waals surface area contributed by atoms with Crippen LogP contribution in [-0.2, 0) is 4.79 Å². The molecule has 0 bridgehead atoms. The summed E-state index contributed by atoms with van der Waals surface area (Å²) in [6.07, 6.45) is 2.22. The van der Waals surface area contributed by atoms with Crippen LogP contribution in [0.1, 0.15) is 38.3 Å². The van der Waals surface area contributed by atoms with Crippen LogP contribution in [0.3, 0.4) is 0 Å². The lowest BCUT2D eigenvalue weighted by molar-refractivity contribution is -0.123. The van der Waals surface area contributed by atoms with Gasteiger partial charge in [-0.25, -0.2) is 0 Å². The Kier molecular flexibility index (Phi) is 5.05. The van der Waals surface area contributed by atoms with Crippen LogP contribution in [0.15, 0.2) is 22.7 Å². The SMILES string of the molecule is COc1ccc([C@@H](C)N[C@H](C)C(=O)NC2CC2)cc1Br. The molecule has 0 aliphatic heterocycles. The summed E-state index contributed by atoms with van der Waals surface area (Å²) in [4.78, 5) is 11.9. The Morgan fingerprint density at radius 1 is 1.40 bits per heavy atom. The monoisotopic (exact) mass is 340 g/mol. The van der Waals surface area contributed by atoms with Crippen molar-refractivity contribution in [2.24, 2.45) is 0 Å². The largest absolute Gasteiger partial charge is 0.496 e. The Balaban J connectivity index is 1.94. The molecule has 0 saturated heterocycles. The highest BCUT2D eigenvalue weighted by Gasteiger charge is 2.26. The lowest BCUT2D eigenvalue weighted by atomic mass is 10.1. The van der Waals surface area contributed by atoms with E-state index in [9.17, 15) is 4.79 Å². The van der Waals surface area contributed by atoms with Crippen molar-refractivity contribution in [1.29, 1.82) is 0 Å². The fourth-order valence-corrected chi connectivity index (χ4v) is 2.61. The van der Waals surface area contributed by atoms with E-state index < -0.39 is 0 Å². The van der Waals surface area contributed by atoms with Gasteiger partial charge in [0.2, 0.25) is 5.91 Å². The molecule has 1 saturated carbocycles. The smallest absolute Gasteiger partial charge is 0.237 e. The van der Waals surface area contributed by atoms with Crippen molar-refractivity contribution >= 4 is 21.8 Å². The van der Waals surface area contributed by atoms with Crippen LogP contribution < -0.4 is 15.4 Å². The molecule has 1 amide bonds. The highest BCUT2D eigenvalue weighted by Crippen LogP contribution is 2.28. The second-order valence-corrected chi connectivity index (χ2v) is 6.14. The summed E-state index contributed by atoms with van der Waals surface area (Å²) in [6, 6.07) is 6.24. The number of rotatable bonds is 6. The highest BCUT2D eigenvalue weighted by molar-refractivity contribution is 9.10. The molecule has 2 N–H and O–H groups in total. The van der Waals surface area contributed by atoms with E-state index in [4.69, 9.17) is 4.74 Å². The minimum atomic E-state index is -0.202. The van der Waals surface area contributed by atoms with Gasteiger partial charge in [-0.05, 0) is 60.3 Å². The van der Waals surface area contributed by atoms with E-state index in [-0.39, 0.29) is 18.0 Å². The Morgan fingerprint density at radius 2 is 2.10 bits per heavy atom.